The number of nitrogens with two attached hydrogens (primary N) is 1. The molecule has 0 amide bonds. The third kappa shape index (κ3) is 1.70. The van der Waals surface area contributed by atoms with E-state index in [0.717, 1.165) is 17.3 Å². The van der Waals surface area contributed by atoms with Crippen molar-refractivity contribution in [1.29, 1.82) is 0 Å². The normalized spacial score (nSPS) is 13.4. The van der Waals surface area contributed by atoms with Crippen LogP contribution in [-0.2, 0) is 6.42 Å². The second-order valence-corrected chi connectivity index (χ2v) is 3.47. The van der Waals surface area contributed by atoms with Crippen molar-refractivity contribution >= 4 is 10.9 Å². The first-order valence-corrected chi connectivity index (χ1v) is 4.43. The van der Waals surface area contributed by atoms with Crippen LogP contribution in [0.4, 0.5) is 0 Å². The summed E-state index contributed by atoms with van der Waals surface area (Å²) < 4.78 is 0. The predicted octanol–water partition coefficient (Wildman–Crippen LogP) is 1.45. The van der Waals surface area contributed by atoms with Gasteiger partial charge in [-0.05, 0) is 25.0 Å². The molecule has 0 aliphatic carbocycles. The maximum atomic E-state index is 5.72. The summed E-state index contributed by atoms with van der Waals surface area (Å²) >= 11 is 0. The van der Waals surface area contributed by atoms with E-state index in [0.29, 0.717) is 0 Å². The van der Waals surface area contributed by atoms with Crippen molar-refractivity contribution in [3.05, 3.63) is 30.0 Å². The second-order valence-electron chi connectivity index (χ2n) is 3.47. The Bertz CT molecular complexity index is 403. The van der Waals surface area contributed by atoms with Gasteiger partial charge in [0.2, 0.25) is 0 Å². The minimum Gasteiger partial charge on any atom is -0.328 e. The van der Waals surface area contributed by atoms with Crippen LogP contribution in [0.2, 0.25) is 0 Å². The van der Waals surface area contributed by atoms with E-state index in [1.54, 1.807) is 0 Å². The van der Waals surface area contributed by atoms with Crippen LogP contribution in [0.15, 0.2) is 24.4 Å². The maximum Gasteiger partial charge on any atom is 0.0653 e. The molecule has 0 bridgehead atoms. The van der Waals surface area contributed by atoms with Gasteiger partial charge in [0.25, 0.3) is 0 Å². The molecule has 2 rings (SSSR count). The molecule has 3 N–H and O–H groups in total. The number of benzene rings is 1. The zero-order chi connectivity index (χ0) is 9.26. The van der Waals surface area contributed by atoms with Gasteiger partial charge in [0.1, 0.15) is 0 Å². The van der Waals surface area contributed by atoms with Crippen molar-refractivity contribution in [2.24, 2.45) is 5.73 Å². The first-order chi connectivity index (χ1) is 6.25. The molecular weight excluding hydrogens is 162 g/mol. The van der Waals surface area contributed by atoms with Crippen molar-refractivity contribution in [3.63, 3.8) is 0 Å². The lowest BCUT2D eigenvalue weighted by Gasteiger charge is -2.04. The number of fused-ring (bicyclic) bond motifs is 1. The summed E-state index contributed by atoms with van der Waals surface area (Å²) in [7, 11) is 0. The van der Waals surface area contributed by atoms with Gasteiger partial charge in [0, 0.05) is 11.4 Å². The Kier molecular flexibility index (Phi) is 2.02. The summed E-state index contributed by atoms with van der Waals surface area (Å²) in [6, 6.07) is 6.48. The van der Waals surface area contributed by atoms with Gasteiger partial charge in [0.05, 0.1) is 11.7 Å². The zero-order valence-electron chi connectivity index (χ0n) is 7.62. The van der Waals surface area contributed by atoms with Crippen molar-refractivity contribution in [2.75, 3.05) is 0 Å². The lowest BCUT2D eigenvalue weighted by molar-refractivity contribution is 0.738. The summed E-state index contributed by atoms with van der Waals surface area (Å²) in [5.41, 5.74) is 8.06. The Morgan fingerprint density at radius 2 is 2.38 bits per heavy atom. The lowest BCUT2D eigenvalue weighted by atomic mass is 10.1. The summed E-state index contributed by atoms with van der Waals surface area (Å²) in [6.07, 6.45) is 2.74. The van der Waals surface area contributed by atoms with E-state index >= 15 is 0 Å². The number of nitrogens with one attached hydrogen (secondary N) is 1. The van der Waals surface area contributed by atoms with Crippen LogP contribution in [0.3, 0.4) is 0 Å². The summed E-state index contributed by atoms with van der Waals surface area (Å²) in [5.74, 6) is 0. The van der Waals surface area contributed by atoms with Crippen molar-refractivity contribution in [2.45, 2.75) is 19.4 Å². The van der Waals surface area contributed by atoms with Gasteiger partial charge < -0.3 is 5.73 Å². The second kappa shape index (κ2) is 3.18. The highest BCUT2D eigenvalue weighted by molar-refractivity contribution is 5.78. The first-order valence-electron chi connectivity index (χ1n) is 4.43. The van der Waals surface area contributed by atoms with Crippen LogP contribution in [0.5, 0.6) is 0 Å². The van der Waals surface area contributed by atoms with Crippen LogP contribution in [0.25, 0.3) is 10.9 Å². The van der Waals surface area contributed by atoms with E-state index in [4.69, 9.17) is 5.73 Å². The molecule has 3 heteroatoms. The Morgan fingerprint density at radius 1 is 1.54 bits per heavy atom. The highest BCUT2D eigenvalue weighted by Crippen LogP contribution is 2.13. The molecule has 0 spiro atoms. The van der Waals surface area contributed by atoms with E-state index in [1.165, 1.54) is 5.56 Å². The number of hydrogen-bond donors (Lipinski definition) is 2. The zero-order valence-corrected chi connectivity index (χ0v) is 7.62. The molecule has 1 aromatic carbocycles. The molecule has 1 aromatic heterocycles. The highest BCUT2D eigenvalue weighted by Gasteiger charge is 2.00. The maximum absolute atomic E-state index is 5.72. The first kappa shape index (κ1) is 8.26. The number of aromatic nitrogens is 2. The molecular formula is C10H13N3. The summed E-state index contributed by atoms with van der Waals surface area (Å²) in [5, 5.41) is 8.05. The number of hydrogen-bond acceptors (Lipinski definition) is 2. The van der Waals surface area contributed by atoms with Gasteiger partial charge in [-0.1, -0.05) is 12.1 Å². The van der Waals surface area contributed by atoms with Gasteiger partial charge in [-0.15, -0.1) is 0 Å². The van der Waals surface area contributed by atoms with Crippen LogP contribution >= 0.6 is 0 Å². The Morgan fingerprint density at radius 3 is 3.15 bits per heavy atom. The number of rotatable bonds is 2. The van der Waals surface area contributed by atoms with Crippen molar-refractivity contribution in [1.82, 2.24) is 10.2 Å². The molecule has 1 heterocycles. The summed E-state index contributed by atoms with van der Waals surface area (Å²) in [6.45, 7) is 2.01. The molecule has 0 radical (unpaired) electrons. The third-order valence-corrected chi connectivity index (χ3v) is 2.06. The number of H-pyrrole nitrogens is 1. The summed E-state index contributed by atoms with van der Waals surface area (Å²) in [4.78, 5) is 0. The standard InChI is InChI=1S/C10H13N3/c1-7(11)4-8-2-3-9-6-12-13-10(9)5-8/h2-3,5-7H,4,11H2,1H3,(H,12,13). The van der Waals surface area contributed by atoms with Crippen LogP contribution in [0, 0.1) is 0 Å². The largest absolute Gasteiger partial charge is 0.328 e. The van der Waals surface area contributed by atoms with E-state index in [9.17, 15) is 0 Å². The third-order valence-electron chi connectivity index (χ3n) is 2.06. The van der Waals surface area contributed by atoms with Gasteiger partial charge in [-0.25, -0.2) is 0 Å². The Hall–Kier alpha value is -1.35. The number of nitrogens with zero attached hydrogens (tertiary/aromatic N) is 1. The highest BCUT2D eigenvalue weighted by atomic mass is 15.1. The molecule has 0 aliphatic heterocycles. The molecule has 1 unspecified atom stereocenters. The average molecular weight is 175 g/mol. The van der Waals surface area contributed by atoms with Gasteiger partial charge in [-0.3, -0.25) is 5.10 Å². The van der Waals surface area contributed by atoms with Gasteiger partial charge in [-0.2, -0.15) is 5.10 Å². The van der Waals surface area contributed by atoms with E-state index in [2.05, 4.69) is 28.4 Å². The predicted molar refractivity (Wildman–Crippen MR) is 53.4 cm³/mol. The fourth-order valence-corrected chi connectivity index (χ4v) is 1.48. The van der Waals surface area contributed by atoms with E-state index in [1.807, 2.05) is 13.1 Å². The van der Waals surface area contributed by atoms with Gasteiger partial charge in [0.15, 0.2) is 0 Å². The van der Waals surface area contributed by atoms with Crippen molar-refractivity contribution < 1.29 is 0 Å². The average Bonchev–Trinajstić information content (AvgIpc) is 2.49. The Balaban J connectivity index is 2.37. The molecule has 0 fully saturated rings. The fourth-order valence-electron chi connectivity index (χ4n) is 1.48. The molecule has 2 aromatic rings. The molecule has 13 heavy (non-hydrogen) atoms. The van der Waals surface area contributed by atoms with Crippen LogP contribution < -0.4 is 5.73 Å². The fraction of sp³-hybridized carbons (Fsp3) is 0.300. The van der Waals surface area contributed by atoms with Crippen LogP contribution in [0.1, 0.15) is 12.5 Å². The monoisotopic (exact) mass is 175 g/mol. The SMILES string of the molecule is CC(N)Cc1ccc2cn[nH]c2c1. The molecule has 0 aliphatic rings. The molecule has 0 saturated carbocycles. The lowest BCUT2D eigenvalue weighted by Crippen LogP contribution is -2.17. The molecule has 3 nitrogen and oxygen atoms in total. The van der Waals surface area contributed by atoms with Crippen molar-refractivity contribution in [3.8, 4) is 0 Å². The topological polar surface area (TPSA) is 54.7 Å². The molecule has 0 saturated heterocycles. The molecule has 1 atom stereocenters. The Labute approximate surface area is 76.9 Å². The quantitative estimate of drug-likeness (QED) is 0.725. The smallest absolute Gasteiger partial charge is 0.0653 e. The number of aromatic amines is 1. The molecule has 68 valence electrons. The van der Waals surface area contributed by atoms with E-state index < -0.39 is 0 Å². The van der Waals surface area contributed by atoms with Crippen LogP contribution in [-0.4, -0.2) is 16.2 Å². The minimum atomic E-state index is 0.209. The van der Waals surface area contributed by atoms with E-state index in [-0.39, 0.29) is 6.04 Å². The van der Waals surface area contributed by atoms with Gasteiger partial charge >= 0.3 is 0 Å². The minimum absolute atomic E-state index is 0.209.